The maximum atomic E-state index is 11.9. The van der Waals surface area contributed by atoms with Crippen LogP contribution in [0.25, 0.3) is 0 Å². The molecule has 0 amide bonds. The summed E-state index contributed by atoms with van der Waals surface area (Å²) in [7, 11) is 0. The lowest BCUT2D eigenvalue weighted by molar-refractivity contribution is -0.154. The van der Waals surface area contributed by atoms with E-state index in [-0.39, 0.29) is 12.5 Å². The second kappa shape index (κ2) is 4.84. The Kier molecular flexibility index (Phi) is 3.38. The number of fused-ring (bicyclic) bond motifs is 4. The van der Waals surface area contributed by atoms with E-state index in [1.807, 2.05) is 32.9 Å². The van der Waals surface area contributed by atoms with Gasteiger partial charge in [-0.3, -0.25) is 0 Å². The molecule has 0 heterocycles. The highest BCUT2D eigenvalue weighted by molar-refractivity contribution is 5.54. The van der Waals surface area contributed by atoms with Gasteiger partial charge in [0.2, 0.25) is 0 Å². The van der Waals surface area contributed by atoms with Crippen molar-refractivity contribution in [2.75, 3.05) is 6.61 Å². The quantitative estimate of drug-likeness (QED) is 0.449. The molecule has 0 aliphatic heterocycles. The molecule has 5 nitrogen and oxygen atoms in total. The fraction of sp³-hybridized carbons (Fsp3) is 0.700. The molecule has 0 bridgehead atoms. The van der Waals surface area contributed by atoms with E-state index in [1.54, 1.807) is 6.92 Å². The molecule has 0 spiro atoms. The van der Waals surface area contributed by atoms with E-state index in [2.05, 4.69) is 0 Å². The summed E-state index contributed by atoms with van der Waals surface area (Å²) in [5.41, 5.74) is -0.313. The molecule has 2 saturated carbocycles. The van der Waals surface area contributed by atoms with Crippen molar-refractivity contribution in [3.8, 4) is 0 Å². The normalized spacial score (nSPS) is 50.4. The third kappa shape index (κ3) is 1.76. The second-order valence-electron chi connectivity index (χ2n) is 9.00. The van der Waals surface area contributed by atoms with Gasteiger partial charge in [0, 0.05) is 23.2 Å². The lowest BCUT2D eigenvalue weighted by atomic mass is 9.63. The van der Waals surface area contributed by atoms with E-state index in [4.69, 9.17) is 0 Å². The molecule has 5 heteroatoms. The monoisotopic (exact) mass is 348 g/mol. The third-order valence-electron chi connectivity index (χ3n) is 7.63. The Bertz CT molecular complexity index is 732. The molecule has 0 unspecified atom stereocenters. The van der Waals surface area contributed by atoms with Crippen LogP contribution in [0.2, 0.25) is 0 Å². The molecule has 5 N–H and O–H groups in total. The molecule has 0 aromatic heterocycles. The van der Waals surface area contributed by atoms with Crippen molar-refractivity contribution in [1.82, 2.24) is 0 Å². The van der Waals surface area contributed by atoms with Crippen LogP contribution in [0.3, 0.4) is 0 Å². The van der Waals surface area contributed by atoms with Gasteiger partial charge in [0.25, 0.3) is 0 Å². The molecule has 4 aliphatic carbocycles. The Balaban J connectivity index is 1.96. The number of hydrogen-bond acceptors (Lipinski definition) is 5. The van der Waals surface area contributed by atoms with Crippen LogP contribution in [0, 0.1) is 23.2 Å². The average Bonchev–Trinajstić information content (AvgIpc) is 2.92. The van der Waals surface area contributed by atoms with Crippen LogP contribution in [0.5, 0.6) is 0 Å². The first-order valence-electron chi connectivity index (χ1n) is 9.05. The Morgan fingerprint density at radius 1 is 1.20 bits per heavy atom. The summed E-state index contributed by atoms with van der Waals surface area (Å²) >= 11 is 0. The molecule has 2 fully saturated rings. The van der Waals surface area contributed by atoms with Crippen LogP contribution in [0.1, 0.15) is 34.1 Å². The predicted octanol–water partition coefficient (Wildman–Crippen LogP) is 0.671. The van der Waals surface area contributed by atoms with E-state index in [0.29, 0.717) is 17.6 Å². The number of rotatable bonds is 1. The van der Waals surface area contributed by atoms with E-state index < -0.39 is 40.7 Å². The van der Waals surface area contributed by atoms with Gasteiger partial charge < -0.3 is 25.5 Å². The SMILES string of the molecule is CC1=CC2=C(CC(CO)=C[C@H]3[C@@H]4C(C)(C)[C@]4(O)[C@H](O)[C@@H](C)[C@]23O)[C@H]1O. The highest BCUT2D eigenvalue weighted by Crippen LogP contribution is 2.74. The molecular formula is C20H28O5. The third-order valence-corrected chi connectivity index (χ3v) is 7.63. The van der Waals surface area contributed by atoms with Crippen LogP contribution in [-0.4, -0.2) is 55.5 Å². The van der Waals surface area contributed by atoms with Gasteiger partial charge in [0.15, 0.2) is 0 Å². The van der Waals surface area contributed by atoms with E-state index >= 15 is 0 Å². The van der Waals surface area contributed by atoms with Gasteiger partial charge in [0.05, 0.1) is 18.8 Å². The summed E-state index contributed by atoms with van der Waals surface area (Å²) in [6.45, 7) is 7.25. The maximum Gasteiger partial charge on any atom is 0.101 e. The fourth-order valence-corrected chi connectivity index (χ4v) is 5.98. The zero-order valence-corrected chi connectivity index (χ0v) is 15.2. The largest absolute Gasteiger partial charge is 0.392 e. The molecule has 0 aromatic rings. The van der Waals surface area contributed by atoms with Crippen LogP contribution in [0.4, 0.5) is 0 Å². The first-order chi connectivity index (χ1) is 11.5. The molecule has 4 aliphatic rings. The molecule has 0 aromatic carbocycles. The summed E-state index contributed by atoms with van der Waals surface area (Å²) in [5, 5.41) is 54.2. The Morgan fingerprint density at radius 2 is 1.84 bits per heavy atom. The van der Waals surface area contributed by atoms with Gasteiger partial charge in [-0.25, -0.2) is 0 Å². The Morgan fingerprint density at radius 3 is 2.44 bits per heavy atom. The van der Waals surface area contributed by atoms with Crippen molar-refractivity contribution < 1.29 is 25.5 Å². The minimum absolute atomic E-state index is 0.155. The van der Waals surface area contributed by atoms with Gasteiger partial charge >= 0.3 is 0 Å². The van der Waals surface area contributed by atoms with Crippen molar-refractivity contribution >= 4 is 0 Å². The lowest BCUT2D eigenvalue weighted by Crippen LogP contribution is -2.59. The van der Waals surface area contributed by atoms with Gasteiger partial charge in [-0.15, -0.1) is 0 Å². The first kappa shape index (κ1) is 17.4. The smallest absolute Gasteiger partial charge is 0.101 e. The Hall–Kier alpha value is -0.980. The summed E-state index contributed by atoms with van der Waals surface area (Å²) in [6, 6.07) is 0. The standard InChI is InChI=1S/C20H28O5/c1-9-5-13-12(15(9)22)6-11(8-21)7-14-16-18(3,4)20(16,25)17(23)10(2)19(13,14)24/h5,7,10,14-17,21-25H,6,8H2,1-4H3/t10-,14+,15+,16-,17-,19+,20-/m1/s1. The molecule has 0 radical (unpaired) electrons. The molecule has 0 saturated heterocycles. The van der Waals surface area contributed by atoms with E-state index in [0.717, 1.165) is 11.1 Å². The topological polar surface area (TPSA) is 101 Å². The van der Waals surface area contributed by atoms with Crippen molar-refractivity contribution in [3.05, 3.63) is 34.4 Å². The average molecular weight is 348 g/mol. The summed E-state index contributed by atoms with van der Waals surface area (Å²) in [4.78, 5) is 0. The molecular weight excluding hydrogens is 320 g/mol. The summed E-state index contributed by atoms with van der Waals surface area (Å²) in [5.74, 6) is -1.33. The van der Waals surface area contributed by atoms with Crippen LogP contribution < -0.4 is 0 Å². The number of aliphatic hydroxyl groups excluding tert-OH is 3. The molecule has 138 valence electrons. The van der Waals surface area contributed by atoms with Gasteiger partial charge in [-0.05, 0) is 35.6 Å². The minimum Gasteiger partial charge on any atom is -0.392 e. The summed E-state index contributed by atoms with van der Waals surface area (Å²) < 4.78 is 0. The second-order valence-corrected chi connectivity index (χ2v) is 9.00. The number of hydrogen-bond donors (Lipinski definition) is 5. The van der Waals surface area contributed by atoms with Gasteiger partial charge in [-0.2, -0.15) is 0 Å². The van der Waals surface area contributed by atoms with Crippen molar-refractivity contribution in [1.29, 1.82) is 0 Å². The Labute approximate surface area is 148 Å². The van der Waals surface area contributed by atoms with Crippen molar-refractivity contribution in [3.63, 3.8) is 0 Å². The van der Waals surface area contributed by atoms with Crippen LogP contribution >= 0.6 is 0 Å². The van der Waals surface area contributed by atoms with Crippen LogP contribution in [0.15, 0.2) is 34.4 Å². The molecule has 25 heavy (non-hydrogen) atoms. The van der Waals surface area contributed by atoms with Crippen molar-refractivity contribution in [2.24, 2.45) is 23.2 Å². The fourth-order valence-electron chi connectivity index (χ4n) is 5.98. The molecule has 7 atom stereocenters. The van der Waals surface area contributed by atoms with Gasteiger partial charge in [0.1, 0.15) is 11.2 Å². The highest BCUT2D eigenvalue weighted by atomic mass is 16.4. The number of aliphatic hydroxyl groups is 5. The molecule has 4 rings (SSSR count). The summed E-state index contributed by atoms with van der Waals surface area (Å²) in [6.07, 6.45) is 2.27. The first-order valence-corrected chi connectivity index (χ1v) is 9.05. The predicted molar refractivity (Wildman–Crippen MR) is 92.4 cm³/mol. The zero-order valence-electron chi connectivity index (χ0n) is 15.2. The lowest BCUT2D eigenvalue weighted by Gasteiger charge is -2.48. The van der Waals surface area contributed by atoms with Crippen LogP contribution in [-0.2, 0) is 0 Å². The van der Waals surface area contributed by atoms with Gasteiger partial charge in [-0.1, -0.05) is 32.9 Å². The maximum absolute atomic E-state index is 11.9. The minimum atomic E-state index is -1.38. The van der Waals surface area contributed by atoms with Crippen molar-refractivity contribution in [2.45, 2.75) is 57.5 Å². The van der Waals surface area contributed by atoms with E-state index in [9.17, 15) is 25.5 Å². The van der Waals surface area contributed by atoms with E-state index in [1.165, 1.54) is 0 Å². The zero-order chi connectivity index (χ0) is 18.5. The highest BCUT2D eigenvalue weighted by Gasteiger charge is 2.82.